The molecule has 1 aliphatic carbocycles. The first-order valence-electron chi connectivity index (χ1n) is 8.45. The average Bonchev–Trinajstić information content (AvgIpc) is 3.16. The Kier molecular flexibility index (Phi) is 3.84. The van der Waals surface area contributed by atoms with Crippen molar-refractivity contribution in [2.45, 2.75) is 50.2 Å². The maximum absolute atomic E-state index is 12.4. The number of carbonyl (C=O) groups excluding carboxylic acids is 1. The van der Waals surface area contributed by atoms with Gasteiger partial charge < -0.3 is 14.5 Å². The first-order chi connectivity index (χ1) is 11.6. The molecular formula is C18H21N3O3. The minimum absolute atomic E-state index is 0.00821. The molecule has 2 aromatic rings. The second-order valence-electron chi connectivity index (χ2n) is 6.94. The van der Waals surface area contributed by atoms with Crippen LogP contribution in [0.15, 0.2) is 34.7 Å². The van der Waals surface area contributed by atoms with Crippen molar-refractivity contribution < 1.29 is 13.9 Å². The van der Waals surface area contributed by atoms with Gasteiger partial charge in [0.05, 0.1) is 6.10 Å². The summed E-state index contributed by atoms with van der Waals surface area (Å²) in [6.45, 7) is 2.70. The zero-order chi connectivity index (χ0) is 16.6. The molecule has 1 saturated heterocycles. The lowest BCUT2D eigenvalue weighted by Gasteiger charge is -2.30. The van der Waals surface area contributed by atoms with Gasteiger partial charge in [0.15, 0.2) is 0 Å². The zero-order valence-corrected chi connectivity index (χ0v) is 13.7. The van der Waals surface area contributed by atoms with Gasteiger partial charge in [0.25, 0.3) is 0 Å². The summed E-state index contributed by atoms with van der Waals surface area (Å²) in [6, 6.07) is 10.1. The first-order valence-corrected chi connectivity index (χ1v) is 8.45. The van der Waals surface area contributed by atoms with Crippen molar-refractivity contribution in [1.29, 1.82) is 0 Å². The number of aromatic nitrogens is 2. The summed E-state index contributed by atoms with van der Waals surface area (Å²) in [5.74, 6) is 0.333. The van der Waals surface area contributed by atoms with E-state index in [1.807, 2.05) is 18.2 Å². The smallest absolute Gasteiger partial charge is 0.309 e. The SMILES string of the molecule is CC1(c2nnc(C(=O)N[C@@H]3CCO[C@@H](c4ccccc4)C3)o2)CC1. The van der Waals surface area contributed by atoms with Crippen molar-refractivity contribution in [3.63, 3.8) is 0 Å². The maximum Gasteiger partial charge on any atom is 0.309 e. The van der Waals surface area contributed by atoms with Gasteiger partial charge in [-0.25, -0.2) is 0 Å². The van der Waals surface area contributed by atoms with Crippen LogP contribution in [0, 0.1) is 0 Å². The molecule has 24 heavy (non-hydrogen) atoms. The monoisotopic (exact) mass is 327 g/mol. The summed E-state index contributed by atoms with van der Waals surface area (Å²) in [6.07, 6.45) is 3.61. The van der Waals surface area contributed by atoms with Gasteiger partial charge >= 0.3 is 11.8 Å². The molecule has 126 valence electrons. The normalized spacial score (nSPS) is 25.2. The minimum Gasteiger partial charge on any atom is -0.416 e. The molecule has 1 amide bonds. The van der Waals surface area contributed by atoms with E-state index >= 15 is 0 Å². The molecule has 1 aromatic carbocycles. The Hall–Kier alpha value is -2.21. The Labute approximate surface area is 140 Å². The standard InChI is InChI=1S/C18H21N3O3/c1-18(8-9-18)17-21-20-16(24-17)15(22)19-13-7-10-23-14(11-13)12-5-3-2-4-6-12/h2-6,13-14H,7-11H2,1H3,(H,19,22)/t13-,14-/m1/s1. The molecule has 6 nitrogen and oxygen atoms in total. The highest BCUT2D eigenvalue weighted by molar-refractivity contribution is 5.89. The number of hydrogen-bond acceptors (Lipinski definition) is 5. The van der Waals surface area contributed by atoms with Crippen LogP contribution in [-0.4, -0.2) is 28.8 Å². The van der Waals surface area contributed by atoms with Crippen molar-refractivity contribution >= 4 is 5.91 Å². The predicted octanol–water partition coefficient (Wildman–Crippen LogP) is 2.77. The first kappa shape index (κ1) is 15.3. The van der Waals surface area contributed by atoms with Crippen LogP contribution >= 0.6 is 0 Å². The molecular weight excluding hydrogens is 306 g/mol. The van der Waals surface area contributed by atoms with E-state index < -0.39 is 0 Å². The Morgan fingerprint density at radius 1 is 1.25 bits per heavy atom. The van der Waals surface area contributed by atoms with Crippen LogP contribution in [-0.2, 0) is 10.2 Å². The molecule has 1 N–H and O–H groups in total. The Bertz CT molecular complexity index is 724. The molecule has 0 spiro atoms. The number of hydrogen-bond donors (Lipinski definition) is 1. The summed E-state index contributed by atoms with van der Waals surface area (Å²) in [5.41, 5.74) is 1.11. The number of rotatable bonds is 4. The predicted molar refractivity (Wildman–Crippen MR) is 86.5 cm³/mol. The fourth-order valence-electron chi connectivity index (χ4n) is 3.04. The third kappa shape index (κ3) is 3.06. The van der Waals surface area contributed by atoms with Crippen LogP contribution in [0.4, 0.5) is 0 Å². The Morgan fingerprint density at radius 2 is 2.04 bits per heavy atom. The molecule has 2 fully saturated rings. The molecule has 0 bridgehead atoms. The van der Waals surface area contributed by atoms with E-state index in [2.05, 4.69) is 34.6 Å². The van der Waals surface area contributed by atoms with Crippen molar-refractivity contribution in [2.75, 3.05) is 6.61 Å². The van der Waals surface area contributed by atoms with Crippen molar-refractivity contribution in [2.24, 2.45) is 0 Å². The van der Waals surface area contributed by atoms with Gasteiger partial charge in [0, 0.05) is 18.1 Å². The summed E-state index contributed by atoms with van der Waals surface area (Å²) in [7, 11) is 0. The van der Waals surface area contributed by atoms with Gasteiger partial charge in [0.2, 0.25) is 5.89 Å². The minimum atomic E-state index is -0.295. The van der Waals surface area contributed by atoms with Crippen LogP contribution in [0.5, 0.6) is 0 Å². The van der Waals surface area contributed by atoms with Crippen LogP contribution in [0.1, 0.15) is 60.9 Å². The van der Waals surface area contributed by atoms with Gasteiger partial charge in [-0.15, -0.1) is 10.2 Å². The highest BCUT2D eigenvalue weighted by atomic mass is 16.5. The lowest BCUT2D eigenvalue weighted by Crippen LogP contribution is -2.40. The van der Waals surface area contributed by atoms with E-state index in [0.29, 0.717) is 12.5 Å². The third-order valence-electron chi connectivity index (χ3n) is 4.93. The van der Waals surface area contributed by atoms with Gasteiger partial charge in [0.1, 0.15) is 0 Å². The highest BCUT2D eigenvalue weighted by Crippen LogP contribution is 2.46. The van der Waals surface area contributed by atoms with Gasteiger partial charge in [-0.1, -0.05) is 37.3 Å². The zero-order valence-electron chi connectivity index (χ0n) is 13.7. The Balaban J connectivity index is 1.39. The summed E-state index contributed by atoms with van der Waals surface area (Å²) in [5, 5.41) is 10.9. The average molecular weight is 327 g/mol. The molecule has 2 heterocycles. The molecule has 0 radical (unpaired) electrons. The summed E-state index contributed by atoms with van der Waals surface area (Å²) < 4.78 is 11.4. The molecule has 1 aromatic heterocycles. The fourth-order valence-corrected chi connectivity index (χ4v) is 3.04. The van der Waals surface area contributed by atoms with Crippen LogP contribution in [0.2, 0.25) is 0 Å². The highest BCUT2D eigenvalue weighted by Gasteiger charge is 2.44. The lowest BCUT2D eigenvalue weighted by molar-refractivity contribution is 0.000650. The van der Waals surface area contributed by atoms with E-state index in [-0.39, 0.29) is 29.4 Å². The molecule has 1 aliphatic heterocycles. The number of nitrogens with zero attached hydrogens (tertiary/aromatic N) is 2. The summed E-state index contributed by atoms with van der Waals surface area (Å²) in [4.78, 5) is 12.4. The van der Waals surface area contributed by atoms with E-state index in [1.54, 1.807) is 0 Å². The van der Waals surface area contributed by atoms with Gasteiger partial charge in [-0.05, 0) is 31.2 Å². The number of nitrogens with one attached hydrogen (secondary N) is 1. The van der Waals surface area contributed by atoms with Crippen molar-refractivity contribution in [1.82, 2.24) is 15.5 Å². The molecule has 6 heteroatoms. The van der Waals surface area contributed by atoms with E-state index in [4.69, 9.17) is 9.15 Å². The fraction of sp³-hybridized carbons (Fsp3) is 0.500. The topological polar surface area (TPSA) is 77.2 Å². The van der Waals surface area contributed by atoms with Crippen molar-refractivity contribution in [3.8, 4) is 0 Å². The molecule has 1 saturated carbocycles. The molecule has 2 aliphatic rings. The third-order valence-corrected chi connectivity index (χ3v) is 4.93. The lowest BCUT2D eigenvalue weighted by atomic mass is 9.97. The molecule has 4 rings (SSSR count). The van der Waals surface area contributed by atoms with E-state index in [1.165, 1.54) is 0 Å². The van der Waals surface area contributed by atoms with Crippen LogP contribution in [0.25, 0.3) is 0 Å². The number of ether oxygens (including phenoxy) is 1. The van der Waals surface area contributed by atoms with E-state index in [9.17, 15) is 4.79 Å². The summed E-state index contributed by atoms with van der Waals surface area (Å²) >= 11 is 0. The maximum atomic E-state index is 12.4. The number of amides is 1. The quantitative estimate of drug-likeness (QED) is 0.934. The second-order valence-corrected chi connectivity index (χ2v) is 6.94. The van der Waals surface area contributed by atoms with Crippen LogP contribution in [0.3, 0.4) is 0 Å². The molecule has 2 atom stereocenters. The van der Waals surface area contributed by atoms with Crippen LogP contribution < -0.4 is 5.32 Å². The van der Waals surface area contributed by atoms with E-state index in [0.717, 1.165) is 31.2 Å². The largest absolute Gasteiger partial charge is 0.416 e. The molecule has 0 unspecified atom stereocenters. The number of benzene rings is 1. The second kappa shape index (κ2) is 6.02. The van der Waals surface area contributed by atoms with Gasteiger partial charge in [-0.3, -0.25) is 4.79 Å². The van der Waals surface area contributed by atoms with Gasteiger partial charge in [-0.2, -0.15) is 0 Å². The number of carbonyl (C=O) groups is 1. The Morgan fingerprint density at radius 3 is 2.79 bits per heavy atom. The van der Waals surface area contributed by atoms with Crippen molar-refractivity contribution in [3.05, 3.63) is 47.7 Å².